The van der Waals surface area contributed by atoms with E-state index < -0.39 is 0 Å². The first-order valence-corrected chi connectivity index (χ1v) is 10.0. The van der Waals surface area contributed by atoms with Crippen molar-refractivity contribution in [3.8, 4) is 0 Å². The molecule has 0 bridgehead atoms. The van der Waals surface area contributed by atoms with Crippen molar-refractivity contribution in [3.63, 3.8) is 0 Å². The number of hydrogen-bond donors (Lipinski definition) is 1. The molecule has 0 heterocycles. The van der Waals surface area contributed by atoms with E-state index in [9.17, 15) is 0 Å². The van der Waals surface area contributed by atoms with Gasteiger partial charge in [-0.05, 0) is 29.5 Å². The van der Waals surface area contributed by atoms with Gasteiger partial charge in [-0.15, -0.1) is 5.10 Å². The van der Waals surface area contributed by atoms with Gasteiger partial charge >= 0.3 is 0 Å². The van der Waals surface area contributed by atoms with Crippen LogP contribution in [0.25, 0.3) is 0 Å². The molecule has 5 heteroatoms. The Kier molecular flexibility index (Phi) is 7.28. The lowest BCUT2D eigenvalue weighted by molar-refractivity contribution is 0.0457. The van der Waals surface area contributed by atoms with Gasteiger partial charge in [-0.3, -0.25) is 0 Å². The number of thioether (sulfide) groups is 1. The Morgan fingerprint density at radius 1 is 1.04 bits per heavy atom. The van der Waals surface area contributed by atoms with Gasteiger partial charge in [-0.1, -0.05) is 79.2 Å². The fraction of sp³-hybridized carbons (Fsp3) is 0.333. The SMILES string of the molecule is NC(=NN=Cc1ccc(COC2CCCC2)cc1)SCc1ccccc1. The molecular weight excluding hydrogens is 342 g/mol. The van der Waals surface area contributed by atoms with Gasteiger partial charge in [0.05, 0.1) is 18.9 Å². The van der Waals surface area contributed by atoms with Gasteiger partial charge in [0.2, 0.25) is 0 Å². The van der Waals surface area contributed by atoms with Crippen molar-refractivity contribution in [2.45, 2.75) is 44.1 Å². The fourth-order valence-electron chi connectivity index (χ4n) is 2.88. The van der Waals surface area contributed by atoms with Crippen molar-refractivity contribution < 1.29 is 4.74 Å². The molecule has 0 atom stereocenters. The number of benzene rings is 2. The Bertz CT molecular complexity index is 723. The third-order valence-corrected chi connectivity index (χ3v) is 5.22. The maximum atomic E-state index is 5.93. The highest BCUT2D eigenvalue weighted by Crippen LogP contribution is 2.22. The Morgan fingerprint density at radius 3 is 2.50 bits per heavy atom. The average molecular weight is 368 g/mol. The molecule has 2 aromatic rings. The number of hydrogen-bond acceptors (Lipinski definition) is 4. The lowest BCUT2D eigenvalue weighted by atomic mass is 10.1. The highest BCUT2D eigenvalue weighted by molar-refractivity contribution is 8.13. The van der Waals surface area contributed by atoms with E-state index in [1.54, 1.807) is 6.21 Å². The summed E-state index contributed by atoms with van der Waals surface area (Å²) < 4.78 is 5.93. The summed E-state index contributed by atoms with van der Waals surface area (Å²) in [6.07, 6.45) is 7.17. The second-order valence-corrected chi connectivity index (χ2v) is 7.41. The predicted octanol–water partition coefficient (Wildman–Crippen LogP) is 4.73. The summed E-state index contributed by atoms with van der Waals surface area (Å²) in [5.74, 6) is 0.793. The molecule has 0 aliphatic heterocycles. The summed E-state index contributed by atoms with van der Waals surface area (Å²) >= 11 is 1.48. The second kappa shape index (κ2) is 10.1. The molecule has 136 valence electrons. The highest BCUT2D eigenvalue weighted by Gasteiger charge is 2.14. The molecule has 0 unspecified atom stereocenters. The minimum atomic E-state index is 0.446. The Labute approximate surface area is 159 Å². The van der Waals surface area contributed by atoms with Gasteiger partial charge in [0.25, 0.3) is 0 Å². The zero-order chi connectivity index (χ0) is 18.0. The molecule has 0 aromatic heterocycles. The molecule has 1 fully saturated rings. The molecule has 4 nitrogen and oxygen atoms in total. The van der Waals surface area contributed by atoms with Crippen LogP contribution in [0.3, 0.4) is 0 Å². The molecule has 26 heavy (non-hydrogen) atoms. The average Bonchev–Trinajstić information content (AvgIpc) is 3.20. The van der Waals surface area contributed by atoms with Gasteiger partial charge in [0.1, 0.15) is 0 Å². The maximum Gasteiger partial charge on any atom is 0.180 e. The van der Waals surface area contributed by atoms with Crippen LogP contribution in [-0.2, 0) is 17.1 Å². The lowest BCUT2D eigenvalue weighted by Crippen LogP contribution is -2.07. The van der Waals surface area contributed by atoms with Crippen LogP contribution >= 0.6 is 11.8 Å². The molecule has 0 spiro atoms. The van der Waals surface area contributed by atoms with Gasteiger partial charge in [-0.2, -0.15) is 5.10 Å². The minimum absolute atomic E-state index is 0.446. The largest absolute Gasteiger partial charge is 0.377 e. The van der Waals surface area contributed by atoms with Crippen molar-refractivity contribution in [3.05, 3.63) is 71.3 Å². The summed E-state index contributed by atoms with van der Waals surface area (Å²) in [6.45, 7) is 0.684. The standard InChI is InChI=1S/C21H25N3OS/c22-21(26-16-19-6-2-1-3-7-19)24-23-14-17-10-12-18(13-11-17)15-25-20-8-4-5-9-20/h1-3,6-7,10-14,20H,4-5,8-9,15-16H2,(H2,22,24). The molecule has 1 aliphatic rings. The molecular formula is C21H25N3OS. The van der Waals surface area contributed by atoms with E-state index in [4.69, 9.17) is 10.5 Å². The van der Waals surface area contributed by atoms with Crippen molar-refractivity contribution in [2.75, 3.05) is 0 Å². The van der Waals surface area contributed by atoms with Crippen LogP contribution in [0, 0.1) is 0 Å². The molecule has 1 saturated carbocycles. The number of amidine groups is 1. The predicted molar refractivity (Wildman–Crippen MR) is 110 cm³/mol. The van der Waals surface area contributed by atoms with Crippen LogP contribution in [0.5, 0.6) is 0 Å². The van der Waals surface area contributed by atoms with Crippen LogP contribution in [0.15, 0.2) is 64.8 Å². The van der Waals surface area contributed by atoms with Crippen LogP contribution in [0.1, 0.15) is 42.4 Å². The van der Waals surface area contributed by atoms with E-state index in [1.165, 1.54) is 48.6 Å². The zero-order valence-electron chi connectivity index (χ0n) is 14.9. The number of ether oxygens (including phenoxy) is 1. The highest BCUT2D eigenvalue weighted by atomic mass is 32.2. The molecule has 3 rings (SSSR count). The topological polar surface area (TPSA) is 60.0 Å². The van der Waals surface area contributed by atoms with Crippen LogP contribution in [-0.4, -0.2) is 17.5 Å². The number of nitrogens with zero attached hydrogens (tertiary/aromatic N) is 2. The first-order chi connectivity index (χ1) is 12.8. The maximum absolute atomic E-state index is 5.93. The van der Waals surface area contributed by atoms with E-state index >= 15 is 0 Å². The van der Waals surface area contributed by atoms with E-state index in [-0.39, 0.29) is 0 Å². The smallest absolute Gasteiger partial charge is 0.180 e. The van der Waals surface area contributed by atoms with E-state index in [0.29, 0.717) is 17.9 Å². The number of nitrogens with two attached hydrogens (primary N) is 1. The lowest BCUT2D eigenvalue weighted by Gasteiger charge is -2.10. The van der Waals surface area contributed by atoms with Crippen LogP contribution in [0.4, 0.5) is 0 Å². The van der Waals surface area contributed by atoms with E-state index in [1.807, 2.05) is 30.3 Å². The summed E-state index contributed by atoms with van der Waals surface area (Å²) in [5, 5.41) is 8.59. The van der Waals surface area contributed by atoms with Gasteiger partial charge in [-0.25, -0.2) is 0 Å². The monoisotopic (exact) mass is 367 g/mol. The minimum Gasteiger partial charge on any atom is -0.377 e. The third-order valence-electron chi connectivity index (χ3n) is 4.36. The Balaban J connectivity index is 1.43. The Hall–Kier alpha value is -2.11. The van der Waals surface area contributed by atoms with Crippen molar-refractivity contribution >= 4 is 23.1 Å². The summed E-state index contributed by atoms with van der Waals surface area (Å²) in [4.78, 5) is 0. The summed E-state index contributed by atoms with van der Waals surface area (Å²) in [6, 6.07) is 18.4. The summed E-state index contributed by atoms with van der Waals surface area (Å²) in [7, 11) is 0. The fourth-order valence-corrected chi connectivity index (χ4v) is 3.49. The molecule has 0 radical (unpaired) electrons. The van der Waals surface area contributed by atoms with Crippen molar-refractivity contribution in [1.82, 2.24) is 0 Å². The molecule has 1 aliphatic carbocycles. The Morgan fingerprint density at radius 2 is 1.77 bits per heavy atom. The van der Waals surface area contributed by atoms with Crippen molar-refractivity contribution in [2.24, 2.45) is 15.9 Å². The normalized spacial score (nSPS) is 15.8. The molecule has 2 aromatic carbocycles. The van der Waals surface area contributed by atoms with Gasteiger partial charge in [0.15, 0.2) is 5.17 Å². The van der Waals surface area contributed by atoms with Crippen molar-refractivity contribution in [1.29, 1.82) is 0 Å². The quantitative estimate of drug-likeness (QED) is 0.437. The van der Waals surface area contributed by atoms with Gasteiger partial charge in [0, 0.05) is 5.75 Å². The molecule has 2 N–H and O–H groups in total. The van der Waals surface area contributed by atoms with E-state index in [0.717, 1.165) is 11.3 Å². The first-order valence-electron chi connectivity index (χ1n) is 9.03. The number of rotatable bonds is 7. The first kappa shape index (κ1) is 18.7. The van der Waals surface area contributed by atoms with E-state index in [2.05, 4.69) is 34.5 Å². The van der Waals surface area contributed by atoms with Gasteiger partial charge < -0.3 is 10.5 Å². The van der Waals surface area contributed by atoms with Crippen LogP contribution in [0.2, 0.25) is 0 Å². The molecule has 0 amide bonds. The van der Waals surface area contributed by atoms with Crippen LogP contribution < -0.4 is 5.73 Å². The molecule has 0 saturated heterocycles. The third kappa shape index (κ3) is 6.32. The second-order valence-electron chi connectivity index (χ2n) is 6.42. The summed E-state index contributed by atoms with van der Waals surface area (Å²) in [5.41, 5.74) is 9.30. The zero-order valence-corrected chi connectivity index (χ0v) is 15.7.